The van der Waals surface area contributed by atoms with Crippen molar-refractivity contribution in [2.45, 2.75) is 6.18 Å². The molecule has 0 saturated carbocycles. The van der Waals surface area contributed by atoms with Crippen molar-refractivity contribution in [1.82, 2.24) is 0 Å². The van der Waals surface area contributed by atoms with Crippen LogP contribution in [0.2, 0.25) is 0 Å². The maximum absolute atomic E-state index is 13.0. The fourth-order valence-corrected chi connectivity index (χ4v) is 3.42. The first-order valence-corrected chi connectivity index (χ1v) is 8.97. The lowest BCUT2D eigenvalue weighted by Gasteiger charge is -2.08. The maximum Gasteiger partial charge on any atom is 0.416 e. The number of ketones is 1. The van der Waals surface area contributed by atoms with E-state index in [1.807, 2.05) is 24.3 Å². The Morgan fingerprint density at radius 3 is 2.43 bits per heavy atom. The summed E-state index contributed by atoms with van der Waals surface area (Å²) in [7, 11) is 1.56. The summed E-state index contributed by atoms with van der Waals surface area (Å²) in [5.41, 5.74) is 5.64. The second kappa shape index (κ2) is 7.26. The van der Waals surface area contributed by atoms with Crippen molar-refractivity contribution in [2.24, 2.45) is 5.73 Å². The standard InChI is InChI=1S/C23H16F3NO3/c1-29-18-10-4-8-16-13(5-3-9-17(16)18)12-19-21(28)20(22(27)30-19)14-6-2-7-15(11-14)23(24,25)26/h2-12H,27H2,1H3. The molecule has 0 amide bonds. The molecule has 0 radical (unpaired) electrons. The smallest absolute Gasteiger partial charge is 0.416 e. The number of allylic oxidation sites excluding steroid dienone is 1. The number of rotatable bonds is 3. The minimum absolute atomic E-state index is 0.0512. The number of hydrogen-bond donors (Lipinski definition) is 1. The highest BCUT2D eigenvalue weighted by molar-refractivity contribution is 6.31. The van der Waals surface area contributed by atoms with Crippen LogP contribution in [0.25, 0.3) is 22.4 Å². The number of nitrogens with two attached hydrogens (primary N) is 1. The Morgan fingerprint density at radius 2 is 1.70 bits per heavy atom. The van der Waals surface area contributed by atoms with Crippen LogP contribution in [-0.4, -0.2) is 12.9 Å². The van der Waals surface area contributed by atoms with Crippen molar-refractivity contribution in [1.29, 1.82) is 0 Å². The van der Waals surface area contributed by atoms with Gasteiger partial charge >= 0.3 is 6.18 Å². The highest BCUT2D eigenvalue weighted by Crippen LogP contribution is 2.36. The number of carbonyl (C=O) groups is 1. The van der Waals surface area contributed by atoms with Crippen molar-refractivity contribution in [2.75, 3.05) is 7.11 Å². The van der Waals surface area contributed by atoms with Crippen LogP contribution in [-0.2, 0) is 15.7 Å². The molecular formula is C23H16F3NO3. The molecule has 3 aromatic carbocycles. The molecule has 0 unspecified atom stereocenters. The minimum atomic E-state index is -4.53. The van der Waals surface area contributed by atoms with Crippen LogP contribution in [0.4, 0.5) is 13.2 Å². The van der Waals surface area contributed by atoms with Crippen LogP contribution in [0.5, 0.6) is 5.75 Å². The van der Waals surface area contributed by atoms with E-state index in [9.17, 15) is 18.0 Å². The first-order chi connectivity index (χ1) is 14.3. The van der Waals surface area contributed by atoms with E-state index in [0.717, 1.165) is 22.9 Å². The molecule has 1 heterocycles. The summed E-state index contributed by atoms with van der Waals surface area (Å²) in [5, 5.41) is 1.67. The molecule has 152 valence electrons. The molecule has 7 heteroatoms. The summed E-state index contributed by atoms with van der Waals surface area (Å²) in [4.78, 5) is 12.9. The van der Waals surface area contributed by atoms with Crippen molar-refractivity contribution < 1.29 is 27.4 Å². The van der Waals surface area contributed by atoms with Gasteiger partial charge in [0.1, 0.15) is 5.75 Å². The molecular weight excluding hydrogens is 395 g/mol. The lowest BCUT2D eigenvalue weighted by Crippen LogP contribution is -2.07. The number of benzene rings is 3. The maximum atomic E-state index is 13.0. The van der Waals surface area contributed by atoms with E-state index in [-0.39, 0.29) is 22.8 Å². The van der Waals surface area contributed by atoms with Crippen molar-refractivity contribution in [3.05, 3.63) is 89.0 Å². The Morgan fingerprint density at radius 1 is 1.00 bits per heavy atom. The van der Waals surface area contributed by atoms with E-state index in [1.54, 1.807) is 19.2 Å². The zero-order valence-corrected chi connectivity index (χ0v) is 15.8. The number of methoxy groups -OCH3 is 1. The van der Waals surface area contributed by atoms with E-state index in [0.29, 0.717) is 11.3 Å². The fraction of sp³-hybridized carbons (Fsp3) is 0.0870. The summed E-state index contributed by atoms with van der Waals surface area (Å²) in [6, 6.07) is 15.4. The van der Waals surface area contributed by atoms with E-state index in [4.69, 9.17) is 15.2 Å². The average Bonchev–Trinajstić information content (AvgIpc) is 3.00. The Labute approximate surface area is 170 Å². The monoisotopic (exact) mass is 411 g/mol. The summed E-state index contributed by atoms with van der Waals surface area (Å²) in [6.45, 7) is 0. The van der Waals surface area contributed by atoms with Gasteiger partial charge in [-0.15, -0.1) is 0 Å². The zero-order chi connectivity index (χ0) is 21.5. The van der Waals surface area contributed by atoms with E-state index in [2.05, 4.69) is 0 Å². The van der Waals surface area contributed by atoms with Gasteiger partial charge in [-0.2, -0.15) is 13.2 Å². The molecule has 4 rings (SSSR count). The molecule has 2 N–H and O–H groups in total. The fourth-order valence-electron chi connectivity index (χ4n) is 3.42. The molecule has 0 spiro atoms. The van der Waals surface area contributed by atoms with Crippen molar-refractivity contribution in [3.63, 3.8) is 0 Å². The Hall–Kier alpha value is -3.74. The van der Waals surface area contributed by atoms with Gasteiger partial charge in [0.25, 0.3) is 0 Å². The zero-order valence-electron chi connectivity index (χ0n) is 15.8. The number of Topliss-reactive ketones (excluding diaryl/α,β-unsaturated/α-hetero) is 1. The van der Waals surface area contributed by atoms with Gasteiger partial charge in [-0.05, 0) is 40.8 Å². The van der Waals surface area contributed by atoms with Crippen molar-refractivity contribution >= 4 is 28.2 Å². The van der Waals surface area contributed by atoms with E-state index >= 15 is 0 Å². The molecule has 1 aliphatic rings. The normalized spacial score (nSPS) is 15.7. The summed E-state index contributed by atoms with van der Waals surface area (Å²) >= 11 is 0. The van der Waals surface area contributed by atoms with Crippen LogP contribution in [0.1, 0.15) is 16.7 Å². The molecule has 0 fully saturated rings. The second-order valence-corrected chi connectivity index (χ2v) is 6.66. The number of halogens is 3. The third-order valence-corrected chi connectivity index (χ3v) is 4.82. The van der Waals surface area contributed by atoms with Crippen LogP contribution in [0, 0.1) is 0 Å². The number of ether oxygens (including phenoxy) is 2. The van der Waals surface area contributed by atoms with Gasteiger partial charge < -0.3 is 15.2 Å². The number of carbonyl (C=O) groups excluding carboxylic acids is 1. The Balaban J connectivity index is 1.75. The first-order valence-electron chi connectivity index (χ1n) is 8.97. The third kappa shape index (κ3) is 3.39. The minimum Gasteiger partial charge on any atom is -0.496 e. The molecule has 0 bridgehead atoms. The van der Waals surface area contributed by atoms with Gasteiger partial charge in [-0.25, -0.2) is 0 Å². The van der Waals surface area contributed by atoms with Gasteiger partial charge in [0, 0.05) is 5.39 Å². The van der Waals surface area contributed by atoms with E-state index in [1.165, 1.54) is 18.2 Å². The Bertz CT molecular complexity index is 1230. The summed E-state index contributed by atoms with van der Waals surface area (Å²) < 4.78 is 49.9. The third-order valence-electron chi connectivity index (χ3n) is 4.82. The number of alkyl halides is 3. The van der Waals surface area contributed by atoms with Gasteiger partial charge in [-0.3, -0.25) is 4.79 Å². The molecule has 0 atom stereocenters. The Kier molecular flexibility index (Phi) is 4.73. The van der Waals surface area contributed by atoms with Crippen LogP contribution < -0.4 is 10.5 Å². The SMILES string of the molecule is COc1cccc2c(C=C3OC(N)=C(c4cccc(C(F)(F)F)c4)C3=O)cccc12. The molecule has 1 aliphatic heterocycles. The lowest BCUT2D eigenvalue weighted by molar-refractivity contribution is -0.137. The molecule has 4 nitrogen and oxygen atoms in total. The predicted octanol–water partition coefficient (Wildman–Crippen LogP) is 5.13. The molecule has 0 aromatic heterocycles. The molecule has 3 aromatic rings. The largest absolute Gasteiger partial charge is 0.496 e. The highest BCUT2D eigenvalue weighted by Gasteiger charge is 2.34. The molecule has 0 saturated heterocycles. The molecule has 30 heavy (non-hydrogen) atoms. The van der Waals surface area contributed by atoms with E-state index < -0.39 is 17.5 Å². The summed E-state index contributed by atoms with van der Waals surface area (Å²) in [5.74, 6) is -0.195. The van der Waals surface area contributed by atoms with Gasteiger partial charge in [0.05, 0.1) is 18.2 Å². The highest BCUT2D eigenvalue weighted by atomic mass is 19.4. The van der Waals surface area contributed by atoms with Gasteiger partial charge in [0.2, 0.25) is 11.7 Å². The molecule has 0 aliphatic carbocycles. The van der Waals surface area contributed by atoms with Crippen molar-refractivity contribution in [3.8, 4) is 5.75 Å². The van der Waals surface area contributed by atoms with Gasteiger partial charge in [-0.1, -0.05) is 42.5 Å². The topological polar surface area (TPSA) is 61.6 Å². The first kappa shape index (κ1) is 19.6. The summed E-state index contributed by atoms with van der Waals surface area (Å²) in [6.07, 6.45) is -3.01. The number of hydrogen-bond acceptors (Lipinski definition) is 4. The van der Waals surface area contributed by atoms with Crippen LogP contribution in [0.3, 0.4) is 0 Å². The average molecular weight is 411 g/mol. The quantitative estimate of drug-likeness (QED) is 0.607. The predicted molar refractivity (Wildman–Crippen MR) is 107 cm³/mol. The second-order valence-electron chi connectivity index (χ2n) is 6.66. The van der Waals surface area contributed by atoms with Crippen LogP contribution in [0.15, 0.2) is 72.3 Å². The number of fused-ring (bicyclic) bond motifs is 1. The lowest BCUT2D eigenvalue weighted by atomic mass is 9.98. The van der Waals surface area contributed by atoms with Crippen LogP contribution >= 0.6 is 0 Å². The van der Waals surface area contributed by atoms with Gasteiger partial charge in [0.15, 0.2) is 5.76 Å².